The fourth-order valence-electron chi connectivity index (χ4n) is 15.2. The van der Waals surface area contributed by atoms with Gasteiger partial charge in [0.1, 0.15) is 34.6 Å². The molecule has 2 N–H and O–H groups in total. The predicted octanol–water partition coefficient (Wildman–Crippen LogP) is 25.2. The molecule has 0 heterocycles. The van der Waals surface area contributed by atoms with E-state index < -0.39 is 23.8 Å². The minimum atomic E-state index is -0.507. The van der Waals surface area contributed by atoms with Gasteiger partial charge in [0.25, 0.3) is 0 Å². The van der Waals surface area contributed by atoms with Gasteiger partial charge in [-0.25, -0.2) is 8.78 Å². The summed E-state index contributed by atoms with van der Waals surface area (Å²) in [7, 11) is 0. The lowest BCUT2D eigenvalue weighted by Crippen LogP contribution is -2.25. The zero-order chi connectivity index (χ0) is 69.0. The van der Waals surface area contributed by atoms with Gasteiger partial charge in [-0.3, -0.25) is 0 Å². The SMILES string of the molecule is Cc1cc(C)cc(-c2cc(-c3cc(C)cc(C)c3)cc(-c3cc(C(C)(C)CC(C)(C)C)cc(-c4cc(F)ccc4O[C@H](C)C[C@H](C)Oc4ccc(F)cc4-c4cc(C(C)(C)CC(C)(C)C)cc(-c5cc(-c6cc(C)cc(C)c6)cc(-c6cc(C)cc(C)c6)c5)c4O)c3O)c2)c1. The van der Waals surface area contributed by atoms with Crippen LogP contribution >= 0.6 is 0 Å². The number of rotatable bonds is 18. The van der Waals surface area contributed by atoms with Gasteiger partial charge >= 0.3 is 0 Å². The summed E-state index contributed by atoms with van der Waals surface area (Å²) in [4.78, 5) is 0. The van der Waals surface area contributed by atoms with Crippen LogP contribution in [-0.4, -0.2) is 22.4 Å². The number of benzene rings is 10. The number of hydrogen-bond donors (Lipinski definition) is 2. The highest BCUT2D eigenvalue weighted by Gasteiger charge is 2.33. The molecule has 0 saturated carbocycles. The molecule has 0 amide bonds. The molecule has 0 aliphatic rings. The Morgan fingerprint density at radius 1 is 0.305 bits per heavy atom. The first-order chi connectivity index (χ1) is 44.4. The third kappa shape index (κ3) is 16.5. The molecule has 10 aromatic rings. The Bertz CT molecular complexity index is 4040. The quantitative estimate of drug-likeness (QED) is 0.0899. The van der Waals surface area contributed by atoms with Crippen molar-refractivity contribution in [2.75, 3.05) is 0 Å². The minimum absolute atomic E-state index is 0.0149. The molecule has 0 saturated heterocycles. The summed E-state index contributed by atoms with van der Waals surface area (Å²) in [5, 5.41) is 26.1. The molecule has 0 bridgehead atoms. The first kappa shape index (κ1) is 69.1. The molecule has 6 heteroatoms. The Morgan fingerprint density at radius 3 is 0.811 bits per heavy atom. The van der Waals surface area contributed by atoms with Gasteiger partial charge in [0.05, 0.1) is 12.2 Å². The molecular weight excluding hydrogens is 1170 g/mol. The average molecular weight is 1270 g/mol. The molecule has 492 valence electrons. The van der Waals surface area contributed by atoms with E-state index in [4.69, 9.17) is 9.47 Å². The van der Waals surface area contributed by atoms with Crippen molar-refractivity contribution in [2.45, 2.75) is 181 Å². The van der Waals surface area contributed by atoms with Crippen LogP contribution in [0.25, 0.3) is 89.0 Å². The zero-order valence-corrected chi connectivity index (χ0v) is 59.9. The predicted molar refractivity (Wildman–Crippen MR) is 397 cm³/mol. The maximum absolute atomic E-state index is 16.1. The number of hydrogen-bond acceptors (Lipinski definition) is 4. The first-order valence-electron chi connectivity index (χ1n) is 33.8. The highest BCUT2D eigenvalue weighted by Crippen LogP contribution is 2.51. The third-order valence-corrected chi connectivity index (χ3v) is 18.2. The minimum Gasteiger partial charge on any atom is -0.507 e. The van der Waals surface area contributed by atoms with Crippen molar-refractivity contribution in [3.63, 3.8) is 0 Å². The number of phenols is 2. The maximum atomic E-state index is 16.1. The highest BCUT2D eigenvalue weighted by atomic mass is 19.1. The Balaban J connectivity index is 1.05. The van der Waals surface area contributed by atoms with E-state index in [1.807, 2.05) is 26.0 Å². The Hall–Kier alpha value is -8.74. The van der Waals surface area contributed by atoms with E-state index in [0.717, 1.165) is 124 Å². The van der Waals surface area contributed by atoms with E-state index >= 15 is 8.78 Å². The maximum Gasteiger partial charge on any atom is 0.131 e. The van der Waals surface area contributed by atoms with Crippen molar-refractivity contribution in [1.29, 1.82) is 0 Å². The van der Waals surface area contributed by atoms with Crippen molar-refractivity contribution >= 4 is 0 Å². The summed E-state index contributed by atoms with van der Waals surface area (Å²) in [5.41, 5.74) is 23.4. The van der Waals surface area contributed by atoms with Gasteiger partial charge in [-0.15, -0.1) is 0 Å². The van der Waals surface area contributed by atoms with Gasteiger partial charge in [0.2, 0.25) is 0 Å². The molecule has 0 aliphatic carbocycles. The summed E-state index contributed by atoms with van der Waals surface area (Å²) in [6.07, 6.45) is 1.00. The van der Waals surface area contributed by atoms with Crippen LogP contribution in [0.2, 0.25) is 0 Å². The number of halogens is 2. The largest absolute Gasteiger partial charge is 0.507 e. The van der Waals surface area contributed by atoms with Crippen molar-refractivity contribution in [3.8, 4) is 112 Å². The lowest BCUT2D eigenvalue weighted by atomic mass is 9.71. The lowest BCUT2D eigenvalue weighted by Gasteiger charge is -2.34. The fourth-order valence-corrected chi connectivity index (χ4v) is 15.2. The van der Waals surface area contributed by atoms with Crippen LogP contribution in [-0.2, 0) is 10.8 Å². The van der Waals surface area contributed by atoms with Crippen LogP contribution in [0.4, 0.5) is 8.78 Å². The number of ether oxygens (including phenoxy) is 2. The van der Waals surface area contributed by atoms with Gasteiger partial charge in [-0.05, 0) is 268 Å². The number of phenolic OH excluding ortho intramolecular Hbond substituents is 2. The molecule has 0 unspecified atom stereocenters. The van der Waals surface area contributed by atoms with Crippen LogP contribution < -0.4 is 9.47 Å². The van der Waals surface area contributed by atoms with E-state index in [1.165, 1.54) is 24.3 Å². The van der Waals surface area contributed by atoms with Gasteiger partial charge in [-0.2, -0.15) is 0 Å². The topological polar surface area (TPSA) is 58.9 Å². The lowest BCUT2D eigenvalue weighted by molar-refractivity contribution is 0.131. The van der Waals surface area contributed by atoms with E-state index in [-0.39, 0.29) is 33.2 Å². The fraction of sp³-hybridized carbons (Fsp3) is 0.326. The molecule has 10 rings (SSSR count). The summed E-state index contributed by atoms with van der Waals surface area (Å²) >= 11 is 0. The third-order valence-electron chi connectivity index (χ3n) is 18.2. The Kier molecular flexibility index (Phi) is 19.5. The monoisotopic (exact) mass is 1270 g/mol. The molecule has 0 aromatic heterocycles. The molecule has 4 nitrogen and oxygen atoms in total. The average Bonchev–Trinajstić information content (AvgIpc) is 0.763. The molecule has 0 fully saturated rings. The van der Waals surface area contributed by atoms with E-state index in [0.29, 0.717) is 51.3 Å². The molecular formula is C89H98F2O4. The Labute approximate surface area is 566 Å². The van der Waals surface area contributed by atoms with E-state index in [2.05, 4.69) is 246 Å². The highest BCUT2D eigenvalue weighted by molar-refractivity contribution is 5.91. The summed E-state index contributed by atoms with van der Waals surface area (Å²) in [6, 6.07) is 56.8. The van der Waals surface area contributed by atoms with Crippen molar-refractivity contribution in [1.82, 2.24) is 0 Å². The van der Waals surface area contributed by atoms with Crippen molar-refractivity contribution < 1.29 is 28.5 Å². The van der Waals surface area contributed by atoms with E-state index in [1.54, 1.807) is 12.1 Å². The first-order valence-corrected chi connectivity index (χ1v) is 33.8. The van der Waals surface area contributed by atoms with Gasteiger partial charge in [-0.1, -0.05) is 187 Å². The van der Waals surface area contributed by atoms with Crippen molar-refractivity contribution in [2.24, 2.45) is 10.8 Å². The van der Waals surface area contributed by atoms with Crippen LogP contribution in [0, 0.1) is 77.9 Å². The van der Waals surface area contributed by atoms with E-state index in [9.17, 15) is 10.2 Å². The smallest absolute Gasteiger partial charge is 0.131 e. The summed E-state index contributed by atoms with van der Waals surface area (Å²) in [5.74, 6) is -0.113. The second-order valence-electron chi connectivity index (χ2n) is 31.6. The summed E-state index contributed by atoms with van der Waals surface area (Å²) in [6.45, 7) is 43.3. The van der Waals surface area contributed by atoms with Crippen LogP contribution in [0.5, 0.6) is 23.0 Å². The normalized spacial score (nSPS) is 12.9. The van der Waals surface area contributed by atoms with Crippen LogP contribution in [0.3, 0.4) is 0 Å². The molecule has 0 aliphatic heterocycles. The number of aromatic hydroxyl groups is 2. The second kappa shape index (κ2) is 26.8. The molecule has 0 radical (unpaired) electrons. The Morgan fingerprint density at radius 2 is 0.547 bits per heavy atom. The molecule has 2 atom stereocenters. The molecule has 10 aromatic carbocycles. The van der Waals surface area contributed by atoms with Crippen molar-refractivity contribution in [3.05, 3.63) is 237 Å². The number of aryl methyl sites for hydroxylation is 8. The second-order valence-corrected chi connectivity index (χ2v) is 31.6. The molecule has 95 heavy (non-hydrogen) atoms. The van der Waals surface area contributed by atoms with Gasteiger partial charge < -0.3 is 19.7 Å². The standard InChI is InChI=1S/C89H98F2O4/c1-52-25-53(2)30-62(29-52)66-38-67(63-31-54(3)26-55(4)32-63)41-70(40-66)76-44-72(88(17,18)50-86(11,12)13)46-80(84(76)92)78-48-74(90)21-23-82(78)94-60(9)37-61(10)95-83-24-22-75(91)49-79(83)81-47-73(89(19,20)51-87(14,15)16)45-77(85(81)93)71-42-68(64-33-56(5)27-57(6)34-64)39-69(43-71)65-35-58(7)28-59(8)36-65/h21-36,38-49,60-61,92-93H,37,50-51H2,1-20H3/t60-,61+. The molecule has 0 spiro atoms. The van der Waals surface area contributed by atoms with Gasteiger partial charge in [0, 0.05) is 39.8 Å². The zero-order valence-electron chi connectivity index (χ0n) is 59.9. The van der Waals surface area contributed by atoms with Crippen LogP contribution in [0.15, 0.2) is 170 Å². The van der Waals surface area contributed by atoms with Gasteiger partial charge in [0.15, 0.2) is 0 Å². The van der Waals surface area contributed by atoms with Crippen LogP contribution in [0.1, 0.15) is 158 Å². The summed E-state index contributed by atoms with van der Waals surface area (Å²) < 4.78 is 46.0.